The zero-order valence-corrected chi connectivity index (χ0v) is 31.6. The molecule has 2 heterocycles. The number of nitrogens with one attached hydrogen (secondary N) is 4. The van der Waals surface area contributed by atoms with Crippen molar-refractivity contribution in [2.45, 2.75) is 13.8 Å². The molecule has 4 amide bonds. The average molecular weight is 774 g/mol. The van der Waals surface area contributed by atoms with Crippen molar-refractivity contribution in [2.24, 2.45) is 0 Å². The fourth-order valence-electron chi connectivity index (χ4n) is 6.45. The molecule has 0 atom stereocenters. The lowest BCUT2D eigenvalue weighted by atomic mass is 9.95. The third kappa shape index (κ3) is 8.96. The number of anilines is 2. The van der Waals surface area contributed by atoms with E-state index in [2.05, 4.69) is 21.3 Å². The van der Waals surface area contributed by atoms with Crippen LogP contribution >= 0.6 is 23.2 Å². The zero-order valence-electron chi connectivity index (χ0n) is 30.1. The quantitative estimate of drug-likeness (QED) is 0.125. The Labute approximate surface area is 324 Å². The van der Waals surface area contributed by atoms with Crippen LogP contribution in [-0.4, -0.2) is 89.2 Å². The van der Waals surface area contributed by atoms with Crippen molar-refractivity contribution in [1.82, 2.24) is 21.3 Å². The smallest absolute Gasteiger partial charge is 0.265 e. The second kappa shape index (κ2) is 17.8. The van der Waals surface area contributed by atoms with E-state index in [1.54, 1.807) is 9.80 Å². The summed E-state index contributed by atoms with van der Waals surface area (Å²) in [5.74, 6) is 0.737. The molecule has 2 aliphatic heterocycles. The van der Waals surface area contributed by atoms with Crippen molar-refractivity contribution in [2.75, 3.05) is 75.4 Å². The number of carbonyl (C=O) groups is 4. The van der Waals surface area contributed by atoms with Crippen molar-refractivity contribution >= 4 is 58.2 Å². The molecule has 0 spiro atoms. The Hall–Kier alpha value is -5.14. The molecule has 4 N–H and O–H groups in total. The largest absolute Gasteiger partial charge is 0.482 e. The first-order chi connectivity index (χ1) is 26.1. The summed E-state index contributed by atoms with van der Waals surface area (Å²) in [6, 6.07) is 22.9. The molecule has 4 aromatic rings. The van der Waals surface area contributed by atoms with Crippen molar-refractivity contribution < 1.29 is 28.7 Å². The third-order valence-electron chi connectivity index (χ3n) is 9.09. The Morgan fingerprint density at radius 2 is 1.00 bits per heavy atom. The first-order valence-electron chi connectivity index (χ1n) is 17.7. The maximum atomic E-state index is 12.8. The molecule has 6 rings (SSSR count). The number of amides is 4. The van der Waals surface area contributed by atoms with Crippen LogP contribution < -0.4 is 40.5 Å². The van der Waals surface area contributed by atoms with Crippen LogP contribution in [0.4, 0.5) is 11.4 Å². The predicted molar refractivity (Wildman–Crippen MR) is 212 cm³/mol. The number of fused-ring (bicyclic) bond motifs is 2. The molecule has 0 saturated carbocycles. The highest BCUT2D eigenvalue weighted by atomic mass is 35.5. The van der Waals surface area contributed by atoms with Crippen molar-refractivity contribution in [3.8, 4) is 44.9 Å². The van der Waals surface area contributed by atoms with Crippen molar-refractivity contribution in [3.63, 3.8) is 0 Å². The normalized spacial score (nSPS) is 13.5. The summed E-state index contributed by atoms with van der Waals surface area (Å²) in [6.07, 6.45) is 0. The monoisotopic (exact) mass is 772 g/mol. The number of hydrogen-bond acceptors (Lipinski definition) is 8. The second-order valence-corrected chi connectivity index (χ2v) is 13.6. The molecule has 0 fully saturated rings. The molecular weight excluding hydrogens is 731 g/mol. The summed E-state index contributed by atoms with van der Waals surface area (Å²) in [4.78, 5) is 51.1. The van der Waals surface area contributed by atoms with Crippen LogP contribution in [-0.2, 0) is 19.2 Å². The van der Waals surface area contributed by atoms with E-state index in [9.17, 15) is 19.2 Å². The van der Waals surface area contributed by atoms with Gasteiger partial charge in [0.2, 0.25) is 11.8 Å². The molecule has 14 heteroatoms. The minimum atomic E-state index is -0.131. The van der Waals surface area contributed by atoms with Gasteiger partial charge in [0.25, 0.3) is 11.8 Å². The van der Waals surface area contributed by atoms with E-state index >= 15 is 0 Å². The lowest BCUT2D eigenvalue weighted by molar-refractivity contribution is -0.122. The fraction of sp³-hybridized carbons (Fsp3) is 0.300. The van der Waals surface area contributed by atoms with Crippen LogP contribution in [0.3, 0.4) is 0 Å². The van der Waals surface area contributed by atoms with Gasteiger partial charge in [0.15, 0.2) is 13.2 Å². The number of ether oxygens (including phenoxy) is 2. The van der Waals surface area contributed by atoms with Gasteiger partial charge in [0, 0.05) is 88.5 Å². The summed E-state index contributed by atoms with van der Waals surface area (Å²) < 4.78 is 11.7. The van der Waals surface area contributed by atoms with Crippen LogP contribution in [0.5, 0.6) is 11.5 Å². The van der Waals surface area contributed by atoms with E-state index in [0.29, 0.717) is 85.3 Å². The highest BCUT2D eigenvalue weighted by Gasteiger charge is 2.28. The molecule has 0 aliphatic carbocycles. The average Bonchev–Trinajstić information content (AvgIpc) is 3.15. The van der Waals surface area contributed by atoms with Crippen LogP contribution in [0.2, 0.25) is 10.0 Å². The highest BCUT2D eigenvalue weighted by Crippen LogP contribution is 2.45. The lowest BCUT2D eigenvalue weighted by Gasteiger charge is -2.30. The molecule has 54 heavy (non-hydrogen) atoms. The summed E-state index contributed by atoms with van der Waals surface area (Å²) >= 11 is 14.3. The lowest BCUT2D eigenvalue weighted by Crippen LogP contribution is -2.43. The summed E-state index contributed by atoms with van der Waals surface area (Å²) in [5.41, 5.74) is 6.06. The standard InChI is InChI=1S/C40H42Cl2N6O6/c1-25(49)45-15-13-43-17-19-47-33-11-9-27(21-35(33)53-23-37(47)51)29-5-3-7-31(39(29)41)32-8-4-6-30(40(32)42)28-10-12-34-36(22-28)54-24-38(52)48(34)20-18-44-14-16-46-26(2)50/h3-12,21-22,43-44H,13-20,23-24H2,1-2H3,(H,45,49)(H,46,50). The minimum Gasteiger partial charge on any atom is -0.482 e. The van der Waals surface area contributed by atoms with Crippen LogP contribution in [0.25, 0.3) is 33.4 Å². The molecule has 282 valence electrons. The van der Waals surface area contributed by atoms with Gasteiger partial charge in [-0.1, -0.05) is 71.7 Å². The van der Waals surface area contributed by atoms with Gasteiger partial charge in [-0.25, -0.2) is 0 Å². The Balaban J connectivity index is 1.19. The molecule has 2 aliphatic rings. The summed E-state index contributed by atoms with van der Waals surface area (Å²) in [7, 11) is 0. The van der Waals surface area contributed by atoms with Gasteiger partial charge in [-0.3, -0.25) is 19.2 Å². The summed E-state index contributed by atoms with van der Waals surface area (Å²) in [6.45, 7) is 7.02. The van der Waals surface area contributed by atoms with Gasteiger partial charge >= 0.3 is 0 Å². The van der Waals surface area contributed by atoms with E-state index in [-0.39, 0.29) is 36.8 Å². The van der Waals surface area contributed by atoms with Gasteiger partial charge in [-0.2, -0.15) is 0 Å². The SMILES string of the molecule is CC(=O)NCCNCCN1C(=O)COc2cc(-c3cccc(-c4cccc(-c5ccc6c(c5)OCC(=O)N6CCNCCNC(C)=O)c4Cl)c3Cl)ccc21. The minimum absolute atomic E-state index is 0.0705. The van der Waals surface area contributed by atoms with Crippen LogP contribution in [0.1, 0.15) is 13.8 Å². The first kappa shape index (κ1) is 38.6. The molecule has 4 aromatic carbocycles. The molecule has 0 unspecified atom stereocenters. The summed E-state index contributed by atoms with van der Waals surface area (Å²) in [5, 5.41) is 13.0. The predicted octanol–water partition coefficient (Wildman–Crippen LogP) is 4.90. The number of hydrogen-bond donors (Lipinski definition) is 4. The van der Waals surface area contributed by atoms with Gasteiger partial charge in [0.05, 0.1) is 21.4 Å². The fourth-order valence-corrected chi connectivity index (χ4v) is 7.12. The van der Waals surface area contributed by atoms with Crippen LogP contribution in [0.15, 0.2) is 72.8 Å². The molecule has 0 aromatic heterocycles. The number of rotatable bonds is 15. The third-order valence-corrected chi connectivity index (χ3v) is 9.91. The number of nitrogens with zero attached hydrogens (tertiary/aromatic N) is 2. The van der Waals surface area contributed by atoms with Crippen LogP contribution in [0, 0.1) is 0 Å². The molecule has 12 nitrogen and oxygen atoms in total. The first-order valence-corrected chi connectivity index (χ1v) is 18.5. The van der Waals surface area contributed by atoms with E-state index in [0.717, 1.165) is 33.4 Å². The van der Waals surface area contributed by atoms with Gasteiger partial charge in [0.1, 0.15) is 11.5 Å². The Morgan fingerprint density at radius 1 is 0.593 bits per heavy atom. The maximum Gasteiger partial charge on any atom is 0.265 e. The second-order valence-electron chi connectivity index (χ2n) is 12.8. The molecular formula is C40H42Cl2N6O6. The zero-order chi connectivity index (χ0) is 38.2. The Morgan fingerprint density at radius 3 is 1.41 bits per heavy atom. The molecule has 0 radical (unpaired) electrons. The van der Waals surface area contributed by atoms with Gasteiger partial charge in [-0.15, -0.1) is 0 Å². The number of carbonyl (C=O) groups excluding carboxylic acids is 4. The topological polar surface area (TPSA) is 141 Å². The van der Waals surface area contributed by atoms with Gasteiger partial charge < -0.3 is 40.5 Å². The molecule has 0 bridgehead atoms. The Kier molecular flexibility index (Phi) is 12.7. The van der Waals surface area contributed by atoms with Crippen molar-refractivity contribution in [3.05, 3.63) is 82.8 Å². The van der Waals surface area contributed by atoms with E-state index < -0.39 is 0 Å². The van der Waals surface area contributed by atoms with E-state index in [4.69, 9.17) is 32.7 Å². The Bertz CT molecular complexity index is 1910. The van der Waals surface area contributed by atoms with Crippen molar-refractivity contribution in [1.29, 1.82) is 0 Å². The maximum absolute atomic E-state index is 12.8. The number of halogens is 2. The highest BCUT2D eigenvalue weighted by molar-refractivity contribution is 6.39. The van der Waals surface area contributed by atoms with E-state index in [1.165, 1.54) is 13.8 Å². The number of benzene rings is 4. The molecule has 0 saturated heterocycles. The van der Waals surface area contributed by atoms with E-state index in [1.807, 2.05) is 72.8 Å². The van der Waals surface area contributed by atoms with Gasteiger partial charge in [-0.05, 0) is 35.4 Å².